The van der Waals surface area contributed by atoms with Gasteiger partial charge in [-0.25, -0.2) is 4.39 Å². The van der Waals surface area contributed by atoms with Crippen molar-refractivity contribution in [3.63, 3.8) is 0 Å². The smallest absolute Gasteiger partial charge is 0.257 e. The molecule has 0 radical (unpaired) electrons. The van der Waals surface area contributed by atoms with E-state index in [1.165, 1.54) is 18.2 Å². The SMILES string of the molecule is Cc1cc(NC(=O)c2cccc(F)c2Cl)c(C)cc1O. The van der Waals surface area contributed by atoms with Gasteiger partial charge in [0.1, 0.15) is 11.6 Å². The molecule has 3 nitrogen and oxygen atoms in total. The van der Waals surface area contributed by atoms with Gasteiger partial charge in [-0.15, -0.1) is 0 Å². The van der Waals surface area contributed by atoms with E-state index in [0.29, 0.717) is 16.8 Å². The number of hydrogen-bond donors (Lipinski definition) is 2. The first-order valence-corrected chi connectivity index (χ1v) is 6.33. The van der Waals surface area contributed by atoms with Gasteiger partial charge in [0.25, 0.3) is 5.91 Å². The van der Waals surface area contributed by atoms with Crippen LogP contribution in [-0.4, -0.2) is 11.0 Å². The second-order valence-corrected chi connectivity index (χ2v) is 4.89. The predicted molar refractivity (Wildman–Crippen MR) is 76.9 cm³/mol. The minimum Gasteiger partial charge on any atom is -0.508 e. The highest BCUT2D eigenvalue weighted by molar-refractivity contribution is 6.34. The van der Waals surface area contributed by atoms with Gasteiger partial charge < -0.3 is 10.4 Å². The number of phenols is 1. The average Bonchev–Trinajstić information content (AvgIpc) is 2.39. The Bertz CT molecular complexity index is 686. The number of amides is 1. The van der Waals surface area contributed by atoms with Crippen molar-refractivity contribution in [2.24, 2.45) is 0 Å². The van der Waals surface area contributed by atoms with Crippen LogP contribution in [0.1, 0.15) is 21.5 Å². The van der Waals surface area contributed by atoms with Crippen LogP contribution in [0.2, 0.25) is 5.02 Å². The van der Waals surface area contributed by atoms with Gasteiger partial charge >= 0.3 is 0 Å². The molecular formula is C15H13ClFNO2. The molecule has 0 aliphatic heterocycles. The molecule has 0 spiro atoms. The van der Waals surface area contributed by atoms with Crippen molar-refractivity contribution in [1.29, 1.82) is 0 Å². The standard InChI is InChI=1S/C15H13ClFNO2/c1-8-7-13(19)9(2)6-12(8)18-15(20)10-4-3-5-11(17)14(10)16/h3-7,19H,1-2H3,(H,18,20). The van der Waals surface area contributed by atoms with Gasteiger partial charge in [-0.05, 0) is 49.2 Å². The van der Waals surface area contributed by atoms with Gasteiger partial charge in [-0.3, -0.25) is 4.79 Å². The molecule has 0 saturated heterocycles. The van der Waals surface area contributed by atoms with Crippen molar-refractivity contribution < 1.29 is 14.3 Å². The largest absolute Gasteiger partial charge is 0.508 e. The Labute approximate surface area is 121 Å². The van der Waals surface area contributed by atoms with Crippen molar-refractivity contribution in [2.45, 2.75) is 13.8 Å². The van der Waals surface area contributed by atoms with Gasteiger partial charge in [0, 0.05) is 5.69 Å². The highest BCUT2D eigenvalue weighted by Gasteiger charge is 2.15. The molecule has 2 N–H and O–H groups in total. The van der Waals surface area contributed by atoms with Crippen LogP contribution in [0.4, 0.5) is 10.1 Å². The maximum absolute atomic E-state index is 13.3. The first-order valence-electron chi connectivity index (χ1n) is 5.95. The quantitative estimate of drug-likeness (QED) is 0.821. The number of carbonyl (C=O) groups excluding carboxylic acids is 1. The molecule has 0 atom stereocenters. The first kappa shape index (κ1) is 14.3. The third-order valence-electron chi connectivity index (χ3n) is 2.99. The van der Waals surface area contributed by atoms with Crippen LogP contribution in [0.25, 0.3) is 0 Å². The molecule has 0 unspecified atom stereocenters. The number of hydrogen-bond acceptors (Lipinski definition) is 2. The number of phenolic OH excluding ortho intramolecular Hbond substituents is 1. The predicted octanol–water partition coefficient (Wildman–Crippen LogP) is 4.05. The van der Waals surface area contributed by atoms with Crippen molar-refractivity contribution in [3.8, 4) is 5.75 Å². The Kier molecular flexibility index (Phi) is 3.95. The van der Waals surface area contributed by atoms with Crippen LogP contribution in [0.5, 0.6) is 5.75 Å². The van der Waals surface area contributed by atoms with E-state index in [1.807, 2.05) is 0 Å². The number of aryl methyl sites for hydroxylation is 2. The maximum Gasteiger partial charge on any atom is 0.257 e. The molecule has 0 aliphatic carbocycles. The second kappa shape index (κ2) is 5.51. The topological polar surface area (TPSA) is 49.3 Å². The van der Waals surface area contributed by atoms with Crippen molar-refractivity contribution >= 4 is 23.2 Å². The summed E-state index contributed by atoms with van der Waals surface area (Å²) in [5.74, 6) is -0.982. The van der Waals surface area contributed by atoms with Gasteiger partial charge in [0.2, 0.25) is 0 Å². The van der Waals surface area contributed by atoms with Gasteiger partial charge in [-0.1, -0.05) is 17.7 Å². The van der Waals surface area contributed by atoms with Crippen LogP contribution in [0.15, 0.2) is 30.3 Å². The summed E-state index contributed by atoms with van der Waals surface area (Å²) in [4.78, 5) is 12.1. The van der Waals surface area contributed by atoms with Crippen LogP contribution < -0.4 is 5.32 Å². The fraction of sp³-hybridized carbons (Fsp3) is 0.133. The van der Waals surface area contributed by atoms with E-state index in [4.69, 9.17) is 11.6 Å². The molecule has 0 saturated carbocycles. The lowest BCUT2D eigenvalue weighted by Gasteiger charge is -2.11. The molecular weight excluding hydrogens is 281 g/mol. The zero-order valence-corrected chi connectivity index (χ0v) is 11.8. The Hall–Kier alpha value is -2.07. The maximum atomic E-state index is 13.3. The molecule has 1 amide bonds. The van der Waals surface area contributed by atoms with Crippen LogP contribution in [-0.2, 0) is 0 Å². The molecule has 2 aromatic rings. The minimum absolute atomic E-state index is 0.0665. The molecule has 5 heteroatoms. The Morgan fingerprint density at radius 1 is 1.25 bits per heavy atom. The monoisotopic (exact) mass is 293 g/mol. The Balaban J connectivity index is 2.33. The zero-order chi connectivity index (χ0) is 14.9. The third-order valence-corrected chi connectivity index (χ3v) is 3.37. The highest BCUT2D eigenvalue weighted by Crippen LogP contribution is 2.26. The van der Waals surface area contributed by atoms with E-state index >= 15 is 0 Å². The van der Waals surface area contributed by atoms with Crippen molar-refractivity contribution in [3.05, 3.63) is 57.9 Å². The summed E-state index contributed by atoms with van der Waals surface area (Å²) >= 11 is 5.77. The van der Waals surface area contributed by atoms with Gasteiger partial charge in [-0.2, -0.15) is 0 Å². The number of aromatic hydroxyl groups is 1. The van der Waals surface area contributed by atoms with Crippen LogP contribution in [0, 0.1) is 19.7 Å². The van der Waals surface area contributed by atoms with Crippen molar-refractivity contribution in [1.82, 2.24) is 0 Å². The summed E-state index contributed by atoms with van der Waals surface area (Å²) in [5.41, 5.74) is 1.95. The molecule has 0 fully saturated rings. The summed E-state index contributed by atoms with van der Waals surface area (Å²) in [6.07, 6.45) is 0. The minimum atomic E-state index is -0.641. The fourth-order valence-corrected chi connectivity index (χ4v) is 2.02. The summed E-state index contributed by atoms with van der Waals surface area (Å²) in [7, 11) is 0. The van der Waals surface area contributed by atoms with E-state index in [1.54, 1.807) is 26.0 Å². The summed E-state index contributed by atoms with van der Waals surface area (Å²) in [5, 5.41) is 12.0. The summed E-state index contributed by atoms with van der Waals surface area (Å²) < 4.78 is 13.3. The Morgan fingerprint density at radius 3 is 2.65 bits per heavy atom. The van der Waals surface area contributed by atoms with Crippen molar-refractivity contribution in [2.75, 3.05) is 5.32 Å². The fourth-order valence-electron chi connectivity index (χ4n) is 1.80. The molecule has 104 valence electrons. The lowest BCUT2D eigenvalue weighted by molar-refractivity contribution is 0.102. The van der Waals surface area contributed by atoms with Gasteiger partial charge in [0.05, 0.1) is 10.6 Å². The molecule has 2 rings (SSSR count). The number of halogens is 2. The van der Waals surface area contributed by atoms with Crippen LogP contribution in [0.3, 0.4) is 0 Å². The number of benzene rings is 2. The van der Waals surface area contributed by atoms with Gasteiger partial charge in [0.15, 0.2) is 0 Å². The molecule has 0 aliphatic rings. The first-order chi connectivity index (χ1) is 9.40. The third kappa shape index (κ3) is 2.75. The van der Waals surface area contributed by atoms with E-state index < -0.39 is 11.7 Å². The number of rotatable bonds is 2. The molecule has 2 aromatic carbocycles. The normalized spacial score (nSPS) is 10.4. The van der Waals surface area contributed by atoms with E-state index in [-0.39, 0.29) is 16.3 Å². The lowest BCUT2D eigenvalue weighted by atomic mass is 10.1. The molecule has 0 bridgehead atoms. The molecule has 0 aromatic heterocycles. The van der Waals surface area contributed by atoms with E-state index in [9.17, 15) is 14.3 Å². The molecule has 20 heavy (non-hydrogen) atoms. The summed E-state index contributed by atoms with van der Waals surface area (Å²) in [6, 6.07) is 7.26. The van der Waals surface area contributed by atoms with Crippen LogP contribution >= 0.6 is 11.6 Å². The molecule has 0 heterocycles. The number of nitrogens with one attached hydrogen (secondary N) is 1. The highest BCUT2D eigenvalue weighted by atomic mass is 35.5. The average molecular weight is 294 g/mol. The zero-order valence-electron chi connectivity index (χ0n) is 11.0. The lowest BCUT2D eigenvalue weighted by Crippen LogP contribution is -2.14. The van der Waals surface area contributed by atoms with E-state index in [0.717, 1.165) is 0 Å². The number of anilines is 1. The summed E-state index contributed by atoms with van der Waals surface area (Å²) in [6.45, 7) is 3.47. The van der Waals surface area contributed by atoms with E-state index in [2.05, 4.69) is 5.32 Å². The second-order valence-electron chi connectivity index (χ2n) is 4.51. The Morgan fingerprint density at radius 2 is 1.95 bits per heavy atom. The number of carbonyl (C=O) groups is 1.